The van der Waals surface area contributed by atoms with Crippen molar-refractivity contribution < 1.29 is 0 Å². The molecule has 0 aliphatic heterocycles. The lowest BCUT2D eigenvalue weighted by Gasteiger charge is -2.16. The van der Waals surface area contributed by atoms with Crippen LogP contribution < -0.4 is 0 Å². The number of unbranched alkanes of at least 4 members (excludes halogenated alkanes) is 4. The molecule has 1 atom stereocenters. The lowest BCUT2D eigenvalue weighted by Crippen LogP contribution is -1.98. The van der Waals surface area contributed by atoms with Crippen molar-refractivity contribution in [3.05, 3.63) is 35.9 Å². The quantitative estimate of drug-likeness (QED) is 0.266. The second-order valence-corrected chi connectivity index (χ2v) is 9.07. The molecule has 0 saturated heterocycles. The van der Waals surface area contributed by atoms with Gasteiger partial charge in [-0.15, -0.1) is 0 Å². The minimum Gasteiger partial charge on any atom is -0.0765 e. The molecule has 1 rings (SSSR count). The molecule has 0 bridgehead atoms. The second kappa shape index (κ2) is 11.8. The standard InChI is InChI=1S/C18H28Br2/c1-2-11-16(17-13-8-6-9-14-17)12-7-4-3-5-10-15-18(19)20/h6,8-9,13-14,16,18H,2-5,7,10-12,15H2,1H3. The fourth-order valence-corrected chi connectivity index (χ4v) is 3.42. The van der Waals surface area contributed by atoms with Crippen molar-refractivity contribution in [1.29, 1.82) is 0 Å². The minimum absolute atomic E-state index is 0.502. The maximum absolute atomic E-state index is 3.54. The van der Waals surface area contributed by atoms with E-state index >= 15 is 0 Å². The number of benzene rings is 1. The zero-order chi connectivity index (χ0) is 14.6. The van der Waals surface area contributed by atoms with Gasteiger partial charge in [0.15, 0.2) is 0 Å². The molecule has 0 aliphatic carbocycles. The molecule has 1 unspecified atom stereocenters. The zero-order valence-corrected chi connectivity index (χ0v) is 15.8. The predicted octanol–water partition coefficient (Wildman–Crippen LogP) is 7.42. The summed E-state index contributed by atoms with van der Waals surface area (Å²) in [5, 5.41) is 0. The van der Waals surface area contributed by atoms with Crippen molar-refractivity contribution >= 4 is 31.9 Å². The zero-order valence-electron chi connectivity index (χ0n) is 12.7. The first kappa shape index (κ1) is 18.2. The molecule has 0 radical (unpaired) electrons. The first-order chi connectivity index (χ1) is 9.74. The summed E-state index contributed by atoms with van der Waals surface area (Å²) in [4.78, 5) is 0. The molecule has 0 N–H and O–H groups in total. The normalized spacial score (nSPS) is 12.8. The highest BCUT2D eigenvalue weighted by Gasteiger charge is 2.09. The lowest BCUT2D eigenvalue weighted by atomic mass is 9.89. The largest absolute Gasteiger partial charge is 0.0765 e. The Hall–Kier alpha value is 0.180. The Morgan fingerprint density at radius 2 is 1.40 bits per heavy atom. The van der Waals surface area contributed by atoms with Gasteiger partial charge in [0.1, 0.15) is 0 Å². The van der Waals surface area contributed by atoms with Gasteiger partial charge in [-0.05, 0) is 30.7 Å². The molecule has 0 saturated carbocycles. The van der Waals surface area contributed by atoms with E-state index in [2.05, 4.69) is 69.1 Å². The molecular weight excluding hydrogens is 376 g/mol. The fraction of sp³-hybridized carbons (Fsp3) is 0.667. The summed E-state index contributed by atoms with van der Waals surface area (Å²) in [5.41, 5.74) is 1.54. The van der Waals surface area contributed by atoms with Gasteiger partial charge in [0.2, 0.25) is 0 Å². The van der Waals surface area contributed by atoms with E-state index < -0.39 is 0 Å². The molecule has 114 valence electrons. The van der Waals surface area contributed by atoms with Crippen LogP contribution in [0.3, 0.4) is 0 Å². The third-order valence-electron chi connectivity index (χ3n) is 3.88. The Balaban J connectivity index is 2.17. The smallest absolute Gasteiger partial charge is 0.0697 e. The summed E-state index contributed by atoms with van der Waals surface area (Å²) in [6.07, 6.45) is 12.1. The van der Waals surface area contributed by atoms with Crippen molar-refractivity contribution in [2.45, 2.75) is 74.4 Å². The molecule has 1 aromatic rings. The van der Waals surface area contributed by atoms with Gasteiger partial charge in [-0.3, -0.25) is 0 Å². The van der Waals surface area contributed by atoms with Crippen LogP contribution in [0.25, 0.3) is 0 Å². The second-order valence-electron chi connectivity index (χ2n) is 5.63. The summed E-state index contributed by atoms with van der Waals surface area (Å²) in [6.45, 7) is 2.30. The summed E-state index contributed by atoms with van der Waals surface area (Å²) in [7, 11) is 0. The molecule has 2 heteroatoms. The Kier molecular flexibility index (Phi) is 10.8. The number of hydrogen-bond donors (Lipinski definition) is 0. The molecule has 0 aliphatic rings. The van der Waals surface area contributed by atoms with E-state index in [1.165, 1.54) is 63.4 Å². The van der Waals surface area contributed by atoms with Gasteiger partial charge >= 0.3 is 0 Å². The fourth-order valence-electron chi connectivity index (χ4n) is 2.77. The molecule has 0 aromatic heterocycles. The Morgan fingerprint density at radius 3 is 2.00 bits per heavy atom. The Labute approximate surface area is 142 Å². The van der Waals surface area contributed by atoms with Crippen LogP contribution in [0.15, 0.2) is 30.3 Å². The molecule has 1 aromatic carbocycles. The summed E-state index contributed by atoms with van der Waals surface area (Å²) in [6, 6.07) is 11.1. The number of halogens is 2. The van der Waals surface area contributed by atoms with Gasteiger partial charge in [0, 0.05) is 0 Å². The van der Waals surface area contributed by atoms with Gasteiger partial charge in [0.25, 0.3) is 0 Å². The maximum atomic E-state index is 3.54. The van der Waals surface area contributed by atoms with Crippen LogP contribution in [0.5, 0.6) is 0 Å². The van der Waals surface area contributed by atoms with Crippen LogP contribution in [-0.2, 0) is 0 Å². The minimum atomic E-state index is 0.502. The van der Waals surface area contributed by atoms with E-state index in [9.17, 15) is 0 Å². The monoisotopic (exact) mass is 402 g/mol. The average molecular weight is 404 g/mol. The number of hydrogen-bond acceptors (Lipinski definition) is 0. The van der Waals surface area contributed by atoms with E-state index in [0.29, 0.717) is 3.74 Å². The summed E-state index contributed by atoms with van der Waals surface area (Å²) in [5.74, 6) is 0.774. The van der Waals surface area contributed by atoms with Crippen molar-refractivity contribution in [3.8, 4) is 0 Å². The number of alkyl halides is 2. The van der Waals surface area contributed by atoms with E-state index in [4.69, 9.17) is 0 Å². The van der Waals surface area contributed by atoms with Gasteiger partial charge < -0.3 is 0 Å². The van der Waals surface area contributed by atoms with Crippen LogP contribution in [-0.4, -0.2) is 3.74 Å². The molecular formula is C18H28Br2. The molecule has 0 nitrogen and oxygen atoms in total. The Bertz CT molecular complexity index is 321. The Morgan fingerprint density at radius 1 is 0.800 bits per heavy atom. The third-order valence-corrected chi connectivity index (χ3v) is 4.80. The van der Waals surface area contributed by atoms with Crippen LogP contribution in [0.2, 0.25) is 0 Å². The van der Waals surface area contributed by atoms with Crippen LogP contribution in [0.1, 0.15) is 76.2 Å². The molecule has 20 heavy (non-hydrogen) atoms. The van der Waals surface area contributed by atoms with E-state index in [-0.39, 0.29) is 0 Å². The van der Waals surface area contributed by atoms with E-state index in [0.717, 1.165) is 5.92 Å². The van der Waals surface area contributed by atoms with Crippen molar-refractivity contribution in [2.24, 2.45) is 0 Å². The maximum Gasteiger partial charge on any atom is 0.0697 e. The summed E-state index contributed by atoms with van der Waals surface area (Å²) < 4.78 is 0.502. The van der Waals surface area contributed by atoms with Crippen molar-refractivity contribution in [2.75, 3.05) is 0 Å². The van der Waals surface area contributed by atoms with E-state index in [1.54, 1.807) is 0 Å². The van der Waals surface area contributed by atoms with E-state index in [1.807, 2.05) is 0 Å². The highest BCUT2D eigenvalue weighted by Crippen LogP contribution is 2.27. The van der Waals surface area contributed by atoms with Gasteiger partial charge in [-0.1, -0.05) is 108 Å². The van der Waals surface area contributed by atoms with Gasteiger partial charge in [-0.25, -0.2) is 0 Å². The van der Waals surface area contributed by atoms with Crippen LogP contribution in [0.4, 0.5) is 0 Å². The van der Waals surface area contributed by atoms with Crippen LogP contribution in [0, 0.1) is 0 Å². The van der Waals surface area contributed by atoms with Gasteiger partial charge in [0.05, 0.1) is 3.74 Å². The highest BCUT2D eigenvalue weighted by atomic mass is 79.9. The topological polar surface area (TPSA) is 0 Å². The van der Waals surface area contributed by atoms with Crippen molar-refractivity contribution in [1.82, 2.24) is 0 Å². The number of rotatable bonds is 11. The molecule has 0 heterocycles. The predicted molar refractivity (Wildman–Crippen MR) is 98.1 cm³/mol. The molecule has 0 fully saturated rings. The lowest BCUT2D eigenvalue weighted by molar-refractivity contribution is 0.512. The van der Waals surface area contributed by atoms with Crippen molar-refractivity contribution in [3.63, 3.8) is 0 Å². The SMILES string of the molecule is CCCC(CCCCCCCC(Br)Br)c1ccccc1. The highest BCUT2D eigenvalue weighted by molar-refractivity contribution is 9.24. The molecule has 0 amide bonds. The van der Waals surface area contributed by atoms with Crippen LogP contribution >= 0.6 is 31.9 Å². The van der Waals surface area contributed by atoms with Gasteiger partial charge in [-0.2, -0.15) is 0 Å². The third kappa shape index (κ3) is 8.46. The summed E-state index contributed by atoms with van der Waals surface area (Å²) >= 11 is 7.07. The first-order valence-electron chi connectivity index (χ1n) is 8.07. The molecule has 0 spiro atoms. The average Bonchev–Trinajstić information content (AvgIpc) is 2.45. The first-order valence-corrected chi connectivity index (χ1v) is 9.90.